The zero-order chi connectivity index (χ0) is 12.1. The van der Waals surface area contributed by atoms with Crippen molar-refractivity contribution in [2.75, 3.05) is 26.2 Å². The van der Waals surface area contributed by atoms with Gasteiger partial charge in [-0.05, 0) is 26.7 Å². The first-order chi connectivity index (χ1) is 7.60. The zero-order valence-corrected chi connectivity index (χ0v) is 9.98. The predicted octanol–water partition coefficient (Wildman–Crippen LogP) is 1.24. The standard InChI is InChI=1S/C11H20N2O3/c1-3-12(4-2)10(14)9-6-5-7-13(8-9)11(15)16/h9H,3-8H2,1-2H3,(H,15,16). The largest absolute Gasteiger partial charge is 0.465 e. The molecule has 1 fully saturated rings. The summed E-state index contributed by atoms with van der Waals surface area (Å²) in [6.07, 6.45) is 0.667. The summed E-state index contributed by atoms with van der Waals surface area (Å²) < 4.78 is 0. The molecular formula is C11H20N2O3. The van der Waals surface area contributed by atoms with Crippen molar-refractivity contribution in [3.8, 4) is 0 Å². The van der Waals surface area contributed by atoms with Crippen molar-refractivity contribution in [1.82, 2.24) is 9.80 Å². The zero-order valence-electron chi connectivity index (χ0n) is 9.98. The highest BCUT2D eigenvalue weighted by atomic mass is 16.4. The molecule has 92 valence electrons. The van der Waals surface area contributed by atoms with Crippen LogP contribution < -0.4 is 0 Å². The smallest absolute Gasteiger partial charge is 0.407 e. The van der Waals surface area contributed by atoms with Crippen LogP contribution in [-0.2, 0) is 4.79 Å². The van der Waals surface area contributed by atoms with Gasteiger partial charge in [0.2, 0.25) is 5.91 Å². The molecule has 1 N–H and O–H groups in total. The molecular weight excluding hydrogens is 208 g/mol. The maximum Gasteiger partial charge on any atom is 0.407 e. The Balaban J connectivity index is 2.59. The van der Waals surface area contributed by atoms with Crippen molar-refractivity contribution in [1.29, 1.82) is 0 Å². The average molecular weight is 228 g/mol. The van der Waals surface area contributed by atoms with Crippen molar-refractivity contribution < 1.29 is 14.7 Å². The molecule has 5 nitrogen and oxygen atoms in total. The molecule has 1 unspecified atom stereocenters. The summed E-state index contributed by atoms with van der Waals surface area (Å²) in [5.41, 5.74) is 0. The second kappa shape index (κ2) is 5.72. The molecule has 0 radical (unpaired) electrons. The van der Waals surface area contributed by atoms with Crippen LogP contribution >= 0.6 is 0 Å². The lowest BCUT2D eigenvalue weighted by atomic mass is 9.97. The second-order valence-corrected chi connectivity index (χ2v) is 4.08. The number of hydrogen-bond acceptors (Lipinski definition) is 2. The van der Waals surface area contributed by atoms with Gasteiger partial charge in [0.05, 0.1) is 5.92 Å². The minimum absolute atomic E-state index is 0.0935. The molecule has 1 saturated heterocycles. The van der Waals surface area contributed by atoms with E-state index in [0.717, 1.165) is 12.8 Å². The maximum absolute atomic E-state index is 12.0. The Labute approximate surface area is 96.0 Å². The third kappa shape index (κ3) is 2.87. The number of carbonyl (C=O) groups is 2. The molecule has 5 heteroatoms. The Morgan fingerprint density at radius 2 is 2.00 bits per heavy atom. The van der Waals surface area contributed by atoms with Crippen LogP contribution in [-0.4, -0.2) is 53.1 Å². The number of piperidine rings is 1. The molecule has 1 aliphatic rings. The monoisotopic (exact) mass is 228 g/mol. The van der Waals surface area contributed by atoms with Crippen molar-refractivity contribution in [3.63, 3.8) is 0 Å². The third-order valence-electron chi connectivity index (χ3n) is 3.12. The Hall–Kier alpha value is -1.26. The van der Waals surface area contributed by atoms with E-state index in [1.165, 1.54) is 4.90 Å². The average Bonchev–Trinajstić information content (AvgIpc) is 2.30. The minimum Gasteiger partial charge on any atom is -0.465 e. The summed E-state index contributed by atoms with van der Waals surface area (Å²) in [5.74, 6) is -0.0549. The molecule has 1 aliphatic heterocycles. The van der Waals surface area contributed by atoms with Gasteiger partial charge in [-0.15, -0.1) is 0 Å². The summed E-state index contributed by atoms with van der Waals surface area (Å²) in [6, 6.07) is 0. The van der Waals surface area contributed by atoms with Gasteiger partial charge in [-0.25, -0.2) is 4.79 Å². The number of amides is 2. The first-order valence-corrected chi connectivity index (χ1v) is 5.86. The normalized spacial score (nSPS) is 20.6. The first kappa shape index (κ1) is 12.8. The van der Waals surface area contributed by atoms with Gasteiger partial charge in [-0.2, -0.15) is 0 Å². The van der Waals surface area contributed by atoms with Crippen molar-refractivity contribution in [3.05, 3.63) is 0 Å². The van der Waals surface area contributed by atoms with E-state index < -0.39 is 6.09 Å². The molecule has 0 aromatic carbocycles. The first-order valence-electron chi connectivity index (χ1n) is 5.86. The van der Waals surface area contributed by atoms with Gasteiger partial charge in [-0.1, -0.05) is 0 Å². The SMILES string of the molecule is CCN(CC)C(=O)C1CCCN(C(=O)O)C1. The van der Waals surface area contributed by atoms with E-state index in [1.807, 2.05) is 13.8 Å². The fraction of sp³-hybridized carbons (Fsp3) is 0.818. The number of likely N-dealkylation sites (tertiary alicyclic amines) is 1. The number of hydrogen-bond donors (Lipinski definition) is 1. The highest BCUT2D eigenvalue weighted by Gasteiger charge is 2.30. The van der Waals surface area contributed by atoms with E-state index in [0.29, 0.717) is 26.2 Å². The van der Waals surface area contributed by atoms with Crippen LogP contribution in [0.1, 0.15) is 26.7 Å². The summed E-state index contributed by atoms with van der Waals surface area (Å²) in [5, 5.41) is 8.89. The lowest BCUT2D eigenvalue weighted by Crippen LogP contribution is -2.46. The van der Waals surface area contributed by atoms with E-state index in [2.05, 4.69) is 0 Å². The van der Waals surface area contributed by atoms with Gasteiger partial charge in [0.15, 0.2) is 0 Å². The van der Waals surface area contributed by atoms with E-state index in [1.54, 1.807) is 4.90 Å². The number of carbonyl (C=O) groups excluding carboxylic acids is 1. The number of carboxylic acid groups (broad SMARTS) is 1. The molecule has 0 aliphatic carbocycles. The Morgan fingerprint density at radius 1 is 1.38 bits per heavy atom. The van der Waals surface area contributed by atoms with E-state index in [9.17, 15) is 9.59 Å². The van der Waals surface area contributed by atoms with Crippen LogP contribution in [0.25, 0.3) is 0 Å². The molecule has 1 rings (SSSR count). The molecule has 1 heterocycles. The van der Waals surface area contributed by atoms with E-state index in [-0.39, 0.29) is 11.8 Å². The van der Waals surface area contributed by atoms with Gasteiger partial charge in [-0.3, -0.25) is 4.79 Å². The van der Waals surface area contributed by atoms with Crippen LogP contribution in [0.3, 0.4) is 0 Å². The molecule has 0 aromatic heterocycles. The summed E-state index contributed by atoms with van der Waals surface area (Å²) in [7, 11) is 0. The van der Waals surface area contributed by atoms with Gasteiger partial charge >= 0.3 is 6.09 Å². The lowest BCUT2D eigenvalue weighted by molar-refractivity contribution is -0.136. The molecule has 0 saturated carbocycles. The third-order valence-corrected chi connectivity index (χ3v) is 3.12. The number of nitrogens with zero attached hydrogens (tertiary/aromatic N) is 2. The van der Waals surface area contributed by atoms with Crippen LogP contribution in [0.15, 0.2) is 0 Å². The van der Waals surface area contributed by atoms with Gasteiger partial charge in [0, 0.05) is 26.2 Å². The molecule has 0 aromatic rings. The summed E-state index contributed by atoms with van der Waals surface area (Å²) in [6.45, 7) is 6.18. The van der Waals surface area contributed by atoms with Crippen LogP contribution in [0.2, 0.25) is 0 Å². The van der Waals surface area contributed by atoms with Gasteiger partial charge in [0.1, 0.15) is 0 Å². The Morgan fingerprint density at radius 3 is 2.50 bits per heavy atom. The maximum atomic E-state index is 12.0. The van der Waals surface area contributed by atoms with Crippen LogP contribution in [0.4, 0.5) is 4.79 Å². The predicted molar refractivity (Wildman–Crippen MR) is 60.2 cm³/mol. The highest BCUT2D eigenvalue weighted by molar-refractivity contribution is 5.80. The van der Waals surface area contributed by atoms with Gasteiger partial charge in [0.25, 0.3) is 0 Å². The quantitative estimate of drug-likeness (QED) is 0.790. The minimum atomic E-state index is -0.919. The number of rotatable bonds is 3. The molecule has 16 heavy (non-hydrogen) atoms. The summed E-state index contributed by atoms with van der Waals surface area (Å²) in [4.78, 5) is 26.0. The van der Waals surface area contributed by atoms with Gasteiger partial charge < -0.3 is 14.9 Å². The lowest BCUT2D eigenvalue weighted by Gasteiger charge is -2.32. The summed E-state index contributed by atoms with van der Waals surface area (Å²) >= 11 is 0. The van der Waals surface area contributed by atoms with Crippen molar-refractivity contribution in [2.24, 2.45) is 5.92 Å². The molecule has 0 spiro atoms. The highest BCUT2D eigenvalue weighted by Crippen LogP contribution is 2.18. The van der Waals surface area contributed by atoms with Crippen LogP contribution in [0, 0.1) is 5.92 Å². The van der Waals surface area contributed by atoms with Crippen LogP contribution in [0.5, 0.6) is 0 Å². The molecule has 2 amide bonds. The van der Waals surface area contributed by atoms with Crippen molar-refractivity contribution in [2.45, 2.75) is 26.7 Å². The van der Waals surface area contributed by atoms with E-state index in [4.69, 9.17) is 5.11 Å². The fourth-order valence-electron chi connectivity index (χ4n) is 2.15. The molecule has 0 bridgehead atoms. The topological polar surface area (TPSA) is 60.9 Å². The fourth-order valence-corrected chi connectivity index (χ4v) is 2.15. The second-order valence-electron chi connectivity index (χ2n) is 4.08. The van der Waals surface area contributed by atoms with E-state index >= 15 is 0 Å². The Kier molecular flexibility index (Phi) is 4.58. The van der Waals surface area contributed by atoms with Crippen molar-refractivity contribution >= 4 is 12.0 Å². The molecule has 1 atom stereocenters. The Bertz CT molecular complexity index is 264.